The zero-order chi connectivity index (χ0) is 37.4. The van der Waals surface area contributed by atoms with Gasteiger partial charge in [0.15, 0.2) is 5.75 Å². The quantitative estimate of drug-likeness (QED) is 0.0862. The van der Waals surface area contributed by atoms with Gasteiger partial charge in [0.25, 0.3) is 0 Å². The van der Waals surface area contributed by atoms with E-state index in [0.29, 0.717) is 57.9 Å². The van der Waals surface area contributed by atoms with Crippen LogP contribution >= 0.6 is 34.8 Å². The van der Waals surface area contributed by atoms with E-state index in [1.165, 1.54) is 10.9 Å². The summed E-state index contributed by atoms with van der Waals surface area (Å²) >= 11 is 18.0. The second-order valence-corrected chi connectivity index (χ2v) is 13.7. The largest absolute Gasteiger partial charge is 0.489 e. The molecule has 0 saturated heterocycles. The molecule has 0 spiro atoms. The number of ether oxygens (including phenoxy) is 1. The number of amides is 1. The van der Waals surface area contributed by atoms with Crippen molar-refractivity contribution in [1.82, 2.24) is 14.5 Å². The number of imidazole rings is 1. The van der Waals surface area contributed by atoms with Gasteiger partial charge in [-0.2, -0.15) is 9.78 Å². The van der Waals surface area contributed by atoms with Crippen LogP contribution in [0.3, 0.4) is 0 Å². The van der Waals surface area contributed by atoms with Crippen LogP contribution < -0.4 is 4.74 Å². The minimum Gasteiger partial charge on any atom is -0.489 e. The Labute approximate surface area is 313 Å². The highest BCUT2D eigenvalue weighted by molar-refractivity contribution is 6.40. The van der Waals surface area contributed by atoms with E-state index in [1.807, 2.05) is 19.1 Å². The number of aromatic nitrogens is 2. The Kier molecular flexibility index (Phi) is 16.2. The van der Waals surface area contributed by atoms with E-state index in [9.17, 15) is 14.4 Å². The minimum absolute atomic E-state index is 0.152. The molecular weight excluding hydrogens is 721 g/mol. The SMILES string of the molecule is CC(C)(CCC(C)(C)OOC(=O)c1ccccc1)OOC(=O)c1ccccc1.CCCN(CCOc1c(Cl)cc(Cl)cc1Cl)C(=O)n1ccnc1. The molecule has 14 heteroatoms. The maximum absolute atomic E-state index is 12.3. The predicted molar refractivity (Wildman–Crippen MR) is 195 cm³/mol. The third-order valence-corrected chi connectivity index (χ3v) is 7.87. The maximum Gasteiger partial charge on any atom is 0.373 e. The fraction of sp³-hybridized carbons (Fsp3) is 0.351. The molecule has 0 saturated carbocycles. The summed E-state index contributed by atoms with van der Waals surface area (Å²) in [6.07, 6.45) is 6.49. The van der Waals surface area contributed by atoms with Crippen molar-refractivity contribution in [2.45, 2.75) is 65.1 Å². The van der Waals surface area contributed by atoms with Crippen molar-refractivity contribution >= 4 is 52.8 Å². The molecule has 0 aliphatic heterocycles. The van der Waals surface area contributed by atoms with Crippen LogP contribution in [-0.2, 0) is 19.6 Å². The summed E-state index contributed by atoms with van der Waals surface area (Å²) < 4.78 is 7.05. The number of benzene rings is 3. The smallest absolute Gasteiger partial charge is 0.373 e. The maximum atomic E-state index is 12.3. The Balaban J connectivity index is 0.000000281. The van der Waals surface area contributed by atoms with E-state index in [4.69, 9.17) is 59.1 Å². The van der Waals surface area contributed by atoms with Crippen molar-refractivity contribution in [1.29, 1.82) is 0 Å². The van der Waals surface area contributed by atoms with Crippen molar-refractivity contribution in [2.24, 2.45) is 0 Å². The first-order valence-corrected chi connectivity index (χ1v) is 17.3. The van der Waals surface area contributed by atoms with Gasteiger partial charge in [-0.25, -0.2) is 19.4 Å². The first-order chi connectivity index (χ1) is 24.2. The zero-order valence-corrected chi connectivity index (χ0v) is 31.4. The molecule has 0 aliphatic rings. The fourth-order valence-corrected chi connectivity index (χ4v) is 5.19. The van der Waals surface area contributed by atoms with Crippen LogP contribution in [0.5, 0.6) is 5.75 Å². The highest BCUT2D eigenvalue weighted by Crippen LogP contribution is 2.35. The predicted octanol–water partition coefficient (Wildman–Crippen LogP) is 9.50. The van der Waals surface area contributed by atoms with Crippen LogP contribution in [0.2, 0.25) is 15.1 Å². The molecule has 0 aliphatic carbocycles. The standard InChI is InChI=1S/C22H26O6.C15H16Cl3N3O2/c1-21(2,27-25-19(23)17-11-7-5-8-12-17)15-16-22(3,4)28-26-20(24)18-13-9-6-10-14-18;1-2-4-20(15(22)21-5-3-19-10-21)6-7-23-14-12(17)8-11(16)9-13(14)18/h5-14H,15-16H2,1-4H3;3,5,8-10H,2,4,6-7H2,1H3. The molecule has 0 unspecified atom stereocenters. The summed E-state index contributed by atoms with van der Waals surface area (Å²) in [5.41, 5.74) is -0.659. The second kappa shape index (κ2) is 20.0. The Hall–Kier alpha value is -4.13. The number of carbonyl (C=O) groups is 3. The van der Waals surface area contributed by atoms with E-state index in [2.05, 4.69) is 4.98 Å². The molecule has 0 radical (unpaired) electrons. The lowest BCUT2D eigenvalue weighted by Crippen LogP contribution is -2.37. The van der Waals surface area contributed by atoms with Crippen LogP contribution in [0.25, 0.3) is 0 Å². The number of hydrogen-bond acceptors (Lipinski definition) is 9. The lowest BCUT2D eigenvalue weighted by molar-refractivity contribution is -0.325. The molecule has 4 aromatic rings. The summed E-state index contributed by atoms with van der Waals surface area (Å²) in [6.45, 7) is 10.5. The monoisotopic (exact) mass is 761 g/mol. The van der Waals surface area contributed by atoms with Crippen LogP contribution in [0, 0.1) is 0 Å². The van der Waals surface area contributed by atoms with Gasteiger partial charge in [-0.05, 0) is 83.4 Å². The third-order valence-electron chi connectivity index (χ3n) is 7.09. The van der Waals surface area contributed by atoms with Gasteiger partial charge in [0, 0.05) is 24.0 Å². The van der Waals surface area contributed by atoms with Gasteiger partial charge in [-0.15, -0.1) is 0 Å². The Morgan fingerprint density at radius 3 is 1.69 bits per heavy atom. The average Bonchev–Trinajstić information content (AvgIpc) is 3.66. The fourth-order valence-electron chi connectivity index (χ4n) is 4.26. The molecule has 0 N–H and O–H groups in total. The minimum atomic E-state index is -0.742. The Morgan fingerprint density at radius 1 is 0.765 bits per heavy atom. The van der Waals surface area contributed by atoms with Crippen LogP contribution in [-0.4, -0.2) is 63.3 Å². The van der Waals surface area contributed by atoms with Gasteiger partial charge in [0.05, 0.1) is 27.7 Å². The summed E-state index contributed by atoms with van der Waals surface area (Å²) in [5.74, 6) is -0.744. The van der Waals surface area contributed by atoms with E-state index >= 15 is 0 Å². The van der Waals surface area contributed by atoms with Crippen molar-refractivity contribution in [2.75, 3.05) is 19.7 Å². The van der Waals surface area contributed by atoms with Crippen LogP contribution in [0.1, 0.15) is 74.6 Å². The number of nitrogens with zero attached hydrogens (tertiary/aromatic N) is 3. The van der Waals surface area contributed by atoms with E-state index in [1.54, 1.807) is 106 Å². The van der Waals surface area contributed by atoms with Crippen LogP contribution in [0.4, 0.5) is 4.79 Å². The molecule has 0 atom stereocenters. The summed E-state index contributed by atoms with van der Waals surface area (Å²) in [6, 6.07) is 20.2. The first kappa shape index (κ1) is 41.3. The molecule has 0 bridgehead atoms. The van der Waals surface area contributed by atoms with Crippen LogP contribution in [0.15, 0.2) is 91.5 Å². The highest BCUT2D eigenvalue weighted by atomic mass is 35.5. The van der Waals surface area contributed by atoms with Gasteiger partial charge >= 0.3 is 18.0 Å². The van der Waals surface area contributed by atoms with Gasteiger partial charge < -0.3 is 9.64 Å². The lowest BCUT2D eigenvalue weighted by Gasteiger charge is -2.28. The van der Waals surface area contributed by atoms with Gasteiger partial charge in [-0.1, -0.05) is 78.1 Å². The van der Waals surface area contributed by atoms with Gasteiger partial charge in [0.1, 0.15) is 24.1 Å². The van der Waals surface area contributed by atoms with Crippen molar-refractivity contribution in [3.63, 3.8) is 0 Å². The molecule has 1 heterocycles. The molecule has 51 heavy (non-hydrogen) atoms. The Bertz CT molecular complexity index is 1600. The number of carbonyl (C=O) groups excluding carboxylic acids is 3. The summed E-state index contributed by atoms with van der Waals surface area (Å²) in [7, 11) is 0. The molecule has 274 valence electrons. The van der Waals surface area contributed by atoms with Crippen molar-refractivity contribution in [3.05, 3.63) is 118 Å². The van der Waals surface area contributed by atoms with Gasteiger partial charge in [-0.3, -0.25) is 14.3 Å². The summed E-state index contributed by atoms with van der Waals surface area (Å²) in [4.78, 5) is 62.4. The van der Waals surface area contributed by atoms with Crippen molar-refractivity contribution in [3.8, 4) is 5.75 Å². The zero-order valence-electron chi connectivity index (χ0n) is 29.1. The number of halogens is 3. The van der Waals surface area contributed by atoms with Crippen molar-refractivity contribution < 1.29 is 38.7 Å². The number of rotatable bonds is 15. The average molecular weight is 763 g/mol. The lowest BCUT2D eigenvalue weighted by atomic mass is 9.94. The first-order valence-electron chi connectivity index (χ1n) is 16.2. The molecule has 4 rings (SSSR count). The van der Waals surface area contributed by atoms with E-state index in [-0.39, 0.29) is 12.6 Å². The Morgan fingerprint density at radius 2 is 1.25 bits per heavy atom. The molecule has 1 aromatic heterocycles. The normalized spacial score (nSPS) is 11.2. The van der Waals surface area contributed by atoms with E-state index in [0.717, 1.165) is 6.42 Å². The molecule has 1 amide bonds. The molecule has 0 fully saturated rings. The van der Waals surface area contributed by atoms with E-state index < -0.39 is 23.1 Å². The third kappa shape index (κ3) is 14.2. The van der Waals surface area contributed by atoms with Gasteiger partial charge in [0.2, 0.25) is 0 Å². The highest BCUT2D eigenvalue weighted by Gasteiger charge is 2.30. The molecular formula is C37H42Cl3N3O8. The number of hydrogen-bond donors (Lipinski definition) is 0. The molecule has 11 nitrogen and oxygen atoms in total. The summed E-state index contributed by atoms with van der Waals surface area (Å²) in [5, 5.41) is 1.12. The molecule has 3 aromatic carbocycles. The topological polar surface area (TPSA) is 118 Å². The second-order valence-electron chi connectivity index (χ2n) is 12.4.